The summed E-state index contributed by atoms with van der Waals surface area (Å²) in [5.74, 6) is -0.866. The first-order valence-corrected chi connectivity index (χ1v) is 9.94. The molecule has 0 fully saturated rings. The summed E-state index contributed by atoms with van der Waals surface area (Å²) < 4.78 is 2.86. The number of thiazole rings is 1. The Hall–Kier alpha value is -2.95. The lowest BCUT2D eigenvalue weighted by Gasteiger charge is -2.08. The van der Waals surface area contributed by atoms with Crippen LogP contribution in [0, 0.1) is 25.2 Å². The molecule has 28 heavy (non-hydrogen) atoms. The van der Waals surface area contributed by atoms with Gasteiger partial charge in [0.05, 0.1) is 10.2 Å². The Morgan fingerprint density at radius 3 is 2.57 bits per heavy atom. The van der Waals surface area contributed by atoms with Crippen LogP contribution in [0.3, 0.4) is 0 Å². The average molecular weight is 454 g/mol. The minimum absolute atomic E-state index is 0.227. The second-order valence-corrected chi connectivity index (χ2v) is 8.10. The minimum atomic E-state index is -0.866. The quantitative estimate of drug-likeness (QED) is 0.659. The molecule has 2 N–H and O–H groups in total. The Morgan fingerprint density at radius 2 is 1.96 bits per heavy atom. The highest BCUT2D eigenvalue weighted by molar-refractivity contribution is 9.10. The summed E-state index contributed by atoms with van der Waals surface area (Å²) >= 11 is 4.54. The maximum Gasteiger partial charge on any atom is 0.273 e. The van der Waals surface area contributed by atoms with E-state index < -0.39 is 5.91 Å². The number of nitrogens with zero attached hydrogens (tertiary/aromatic N) is 2. The molecule has 1 heterocycles. The van der Waals surface area contributed by atoms with Crippen molar-refractivity contribution in [3.8, 4) is 11.8 Å². The zero-order valence-corrected chi connectivity index (χ0v) is 17.6. The molecule has 1 amide bonds. The van der Waals surface area contributed by atoms with Crippen LogP contribution in [0.1, 0.15) is 16.7 Å². The average Bonchev–Trinajstić information content (AvgIpc) is 2.94. The van der Waals surface area contributed by atoms with E-state index in [9.17, 15) is 14.9 Å². The lowest BCUT2D eigenvalue weighted by Crippen LogP contribution is -2.32. The smallest absolute Gasteiger partial charge is 0.273 e. The molecule has 2 aromatic carbocycles. The fourth-order valence-electron chi connectivity index (χ4n) is 2.87. The van der Waals surface area contributed by atoms with Crippen molar-refractivity contribution in [3.05, 3.63) is 83.2 Å². The van der Waals surface area contributed by atoms with Crippen molar-refractivity contribution in [1.29, 1.82) is 5.26 Å². The van der Waals surface area contributed by atoms with Gasteiger partial charge in [-0.05, 0) is 43.2 Å². The van der Waals surface area contributed by atoms with E-state index in [0.29, 0.717) is 10.2 Å². The zero-order valence-electron chi connectivity index (χ0n) is 15.2. The number of amides is 1. The normalized spacial score (nSPS) is 12.6. The van der Waals surface area contributed by atoms with Crippen molar-refractivity contribution >= 4 is 44.8 Å². The number of nitriles is 1. The van der Waals surface area contributed by atoms with E-state index >= 15 is 0 Å². The van der Waals surface area contributed by atoms with Gasteiger partial charge in [0.25, 0.3) is 11.5 Å². The topological polar surface area (TPSA) is 88.9 Å². The van der Waals surface area contributed by atoms with Crippen LogP contribution in [-0.4, -0.2) is 10.5 Å². The molecule has 0 aliphatic rings. The van der Waals surface area contributed by atoms with E-state index in [1.165, 1.54) is 4.57 Å². The Kier molecular flexibility index (Phi) is 5.63. The van der Waals surface area contributed by atoms with Gasteiger partial charge in [-0.2, -0.15) is 5.26 Å². The first-order valence-electron chi connectivity index (χ1n) is 8.33. The van der Waals surface area contributed by atoms with E-state index in [0.717, 1.165) is 32.5 Å². The summed E-state index contributed by atoms with van der Waals surface area (Å²) in [7, 11) is 0. The number of carbonyl (C=O) groups excluding carboxylic acids is 1. The lowest BCUT2D eigenvalue weighted by atomic mass is 10.1. The Bertz CT molecular complexity index is 1310. The molecule has 0 atom stereocenters. The molecule has 0 radical (unpaired) electrons. The number of carbonyl (C=O) groups is 1. The minimum Gasteiger partial charge on any atom is -0.365 e. The molecule has 0 saturated carbocycles. The molecule has 3 rings (SSSR count). The molecule has 0 aliphatic heterocycles. The third-order valence-electron chi connectivity index (χ3n) is 4.18. The van der Waals surface area contributed by atoms with Crippen molar-refractivity contribution in [2.45, 2.75) is 13.8 Å². The number of hydrogen-bond donors (Lipinski definition) is 1. The van der Waals surface area contributed by atoms with Gasteiger partial charge in [0.15, 0.2) is 5.57 Å². The molecule has 3 aromatic rings. The van der Waals surface area contributed by atoms with Crippen LogP contribution in [0.25, 0.3) is 17.3 Å². The van der Waals surface area contributed by atoms with Gasteiger partial charge < -0.3 is 5.73 Å². The van der Waals surface area contributed by atoms with Gasteiger partial charge in [-0.15, -0.1) is 11.3 Å². The second-order valence-electron chi connectivity index (χ2n) is 6.22. The summed E-state index contributed by atoms with van der Waals surface area (Å²) in [5, 5.41) is 9.45. The number of aryl methyl sites for hydroxylation is 2. The van der Waals surface area contributed by atoms with E-state index in [2.05, 4.69) is 15.9 Å². The molecule has 7 heteroatoms. The number of nitrogens with two attached hydrogens (primary N) is 1. The zero-order chi connectivity index (χ0) is 20.4. The fourth-order valence-corrected chi connectivity index (χ4v) is 4.36. The maximum atomic E-state index is 13.2. The van der Waals surface area contributed by atoms with Crippen LogP contribution >= 0.6 is 27.3 Å². The molecule has 1 aromatic heterocycles. The van der Waals surface area contributed by atoms with Crippen LogP contribution in [0.5, 0.6) is 0 Å². The molecule has 0 unspecified atom stereocenters. The van der Waals surface area contributed by atoms with Gasteiger partial charge in [-0.3, -0.25) is 14.2 Å². The first kappa shape index (κ1) is 19.8. The third kappa shape index (κ3) is 3.70. The highest BCUT2D eigenvalue weighted by Gasteiger charge is 2.16. The van der Waals surface area contributed by atoms with Crippen molar-refractivity contribution in [1.82, 2.24) is 4.57 Å². The molecule has 140 valence electrons. The Morgan fingerprint density at radius 1 is 1.25 bits per heavy atom. The lowest BCUT2D eigenvalue weighted by molar-refractivity contribution is -0.112. The highest BCUT2D eigenvalue weighted by Crippen LogP contribution is 2.16. The summed E-state index contributed by atoms with van der Waals surface area (Å²) in [5.41, 5.74) is 8.18. The Labute approximate surface area is 173 Å². The van der Waals surface area contributed by atoms with Crippen LogP contribution in [0.2, 0.25) is 0 Å². The van der Waals surface area contributed by atoms with Gasteiger partial charge in [-0.25, -0.2) is 0 Å². The van der Waals surface area contributed by atoms with Gasteiger partial charge in [0, 0.05) is 4.47 Å². The predicted molar refractivity (Wildman–Crippen MR) is 115 cm³/mol. The summed E-state index contributed by atoms with van der Waals surface area (Å²) in [4.78, 5) is 25.1. The molecular weight excluding hydrogens is 438 g/mol. The van der Waals surface area contributed by atoms with Crippen molar-refractivity contribution < 1.29 is 4.79 Å². The van der Waals surface area contributed by atoms with E-state index in [1.807, 2.05) is 56.3 Å². The molecule has 0 bridgehead atoms. The highest BCUT2D eigenvalue weighted by atomic mass is 79.9. The van der Waals surface area contributed by atoms with E-state index in [1.54, 1.807) is 12.1 Å². The van der Waals surface area contributed by atoms with Crippen molar-refractivity contribution in [2.24, 2.45) is 5.73 Å². The summed E-state index contributed by atoms with van der Waals surface area (Å²) in [6.07, 6.45) is 1.73. The van der Waals surface area contributed by atoms with Crippen molar-refractivity contribution in [3.63, 3.8) is 0 Å². The summed E-state index contributed by atoms with van der Waals surface area (Å²) in [6, 6.07) is 15.0. The molecular formula is C21H16BrN3O2S. The maximum absolute atomic E-state index is 13.2. The monoisotopic (exact) mass is 453 g/mol. The number of hydrogen-bond acceptors (Lipinski definition) is 4. The van der Waals surface area contributed by atoms with Gasteiger partial charge in [-0.1, -0.05) is 51.8 Å². The van der Waals surface area contributed by atoms with Crippen LogP contribution in [0.15, 0.2) is 51.7 Å². The van der Waals surface area contributed by atoms with Crippen LogP contribution in [0.4, 0.5) is 0 Å². The number of halogens is 1. The van der Waals surface area contributed by atoms with Crippen LogP contribution in [-0.2, 0) is 4.79 Å². The predicted octanol–water partition coefficient (Wildman–Crippen LogP) is 2.27. The first-order chi connectivity index (χ1) is 13.3. The molecule has 5 nitrogen and oxygen atoms in total. The number of rotatable bonds is 3. The largest absolute Gasteiger partial charge is 0.365 e. The van der Waals surface area contributed by atoms with Crippen LogP contribution < -0.4 is 20.5 Å². The van der Waals surface area contributed by atoms with E-state index in [-0.39, 0.29) is 15.8 Å². The molecule has 0 aliphatic carbocycles. The Balaban J connectivity index is 2.48. The van der Waals surface area contributed by atoms with Crippen molar-refractivity contribution in [2.75, 3.05) is 0 Å². The molecule has 0 saturated heterocycles. The molecule has 0 spiro atoms. The third-order valence-corrected chi connectivity index (χ3v) is 6.00. The van der Waals surface area contributed by atoms with E-state index in [4.69, 9.17) is 5.73 Å². The fraction of sp³-hybridized carbons (Fsp3) is 0.0952. The van der Waals surface area contributed by atoms with Gasteiger partial charge in [0.1, 0.15) is 10.7 Å². The standard InChI is InChI=1S/C21H16BrN3O2S/c1-12-7-8-17(13(2)9-12)25-20(27)18(10-14-5-3-4-6-16(14)22)28-21(25)15(11-23)19(24)26/h3-10H,1-2H3,(H2,24,26)/b18-10-,21-15-. The van der Waals surface area contributed by atoms with Gasteiger partial charge >= 0.3 is 0 Å². The van der Waals surface area contributed by atoms with Gasteiger partial charge in [0.2, 0.25) is 0 Å². The number of primary amides is 1. The SMILES string of the molecule is Cc1ccc(-n2c(=O)/c(=C/c3ccccc3Br)s/c2=C(/C#N)C(N)=O)c(C)c1. The number of benzene rings is 2. The summed E-state index contributed by atoms with van der Waals surface area (Å²) in [6.45, 7) is 3.83. The second kappa shape index (κ2) is 7.97. The number of aromatic nitrogens is 1.